The summed E-state index contributed by atoms with van der Waals surface area (Å²) in [6, 6.07) is 9.14. The molecule has 0 bridgehead atoms. The summed E-state index contributed by atoms with van der Waals surface area (Å²) in [5.74, 6) is 0.862. The Morgan fingerprint density at radius 2 is 2.06 bits per heavy atom. The van der Waals surface area contributed by atoms with Crippen LogP contribution >= 0.6 is 11.6 Å². The minimum atomic E-state index is -0.230. The first-order valence-corrected chi connectivity index (χ1v) is 6.04. The molecule has 3 nitrogen and oxygen atoms in total. The molecule has 1 aromatic heterocycles. The van der Waals surface area contributed by atoms with Crippen molar-refractivity contribution in [2.75, 3.05) is 0 Å². The van der Waals surface area contributed by atoms with Crippen LogP contribution in [-0.4, -0.2) is 5.91 Å². The molecule has 0 fully saturated rings. The number of furan rings is 1. The van der Waals surface area contributed by atoms with Crippen molar-refractivity contribution >= 4 is 17.5 Å². The van der Waals surface area contributed by atoms with Crippen molar-refractivity contribution in [2.24, 2.45) is 0 Å². The predicted molar refractivity (Wildman–Crippen MR) is 70.8 cm³/mol. The van der Waals surface area contributed by atoms with E-state index in [4.69, 9.17) is 16.0 Å². The van der Waals surface area contributed by atoms with Crippen LogP contribution in [0, 0.1) is 13.8 Å². The number of halogens is 1. The smallest absolute Gasteiger partial charge is 0.287 e. The zero-order valence-electron chi connectivity index (χ0n) is 10.3. The lowest BCUT2D eigenvalue weighted by Crippen LogP contribution is -2.22. The van der Waals surface area contributed by atoms with Crippen LogP contribution in [0.1, 0.15) is 27.4 Å². The van der Waals surface area contributed by atoms with Gasteiger partial charge in [-0.05, 0) is 37.1 Å². The third-order valence-electron chi connectivity index (χ3n) is 2.79. The lowest BCUT2D eigenvalue weighted by molar-refractivity contribution is 0.0922. The SMILES string of the molecule is Cc1cc(C(=O)NCc2ccccc2Cl)oc1C. The van der Waals surface area contributed by atoms with Crippen LogP contribution in [0.5, 0.6) is 0 Å². The molecular weight excluding hydrogens is 250 g/mol. The number of benzene rings is 1. The highest BCUT2D eigenvalue weighted by molar-refractivity contribution is 6.31. The maximum Gasteiger partial charge on any atom is 0.287 e. The van der Waals surface area contributed by atoms with Gasteiger partial charge in [-0.2, -0.15) is 0 Å². The molecule has 0 spiro atoms. The Kier molecular flexibility index (Phi) is 3.72. The van der Waals surface area contributed by atoms with Crippen LogP contribution in [0.3, 0.4) is 0 Å². The van der Waals surface area contributed by atoms with Crippen molar-refractivity contribution in [3.8, 4) is 0 Å². The average molecular weight is 264 g/mol. The number of hydrogen-bond acceptors (Lipinski definition) is 2. The molecule has 1 N–H and O–H groups in total. The van der Waals surface area contributed by atoms with Crippen LogP contribution in [0.15, 0.2) is 34.7 Å². The Bertz CT molecular complexity index is 555. The van der Waals surface area contributed by atoms with E-state index in [9.17, 15) is 4.79 Å². The summed E-state index contributed by atoms with van der Waals surface area (Å²) < 4.78 is 5.35. The maximum absolute atomic E-state index is 11.8. The molecule has 0 unspecified atom stereocenters. The summed E-state index contributed by atoms with van der Waals surface area (Å²) in [5.41, 5.74) is 1.85. The largest absolute Gasteiger partial charge is 0.456 e. The van der Waals surface area contributed by atoms with Crippen molar-refractivity contribution in [1.29, 1.82) is 0 Å². The van der Waals surface area contributed by atoms with Gasteiger partial charge in [-0.25, -0.2) is 0 Å². The van der Waals surface area contributed by atoms with Crippen molar-refractivity contribution < 1.29 is 9.21 Å². The minimum absolute atomic E-state index is 0.230. The second-order valence-electron chi connectivity index (χ2n) is 4.12. The molecule has 0 radical (unpaired) electrons. The average Bonchev–Trinajstić information content (AvgIpc) is 2.68. The summed E-state index contributed by atoms with van der Waals surface area (Å²) in [7, 11) is 0. The first-order valence-electron chi connectivity index (χ1n) is 5.66. The molecule has 2 aromatic rings. The number of aryl methyl sites for hydroxylation is 2. The molecule has 94 valence electrons. The van der Waals surface area contributed by atoms with Gasteiger partial charge in [0, 0.05) is 11.6 Å². The molecule has 0 aliphatic carbocycles. The van der Waals surface area contributed by atoms with Gasteiger partial charge in [-0.1, -0.05) is 29.8 Å². The van der Waals surface area contributed by atoms with Gasteiger partial charge >= 0.3 is 0 Å². The number of hydrogen-bond donors (Lipinski definition) is 1. The quantitative estimate of drug-likeness (QED) is 0.921. The van der Waals surface area contributed by atoms with E-state index in [0.29, 0.717) is 17.3 Å². The van der Waals surface area contributed by atoms with Crippen LogP contribution in [-0.2, 0) is 6.54 Å². The molecular formula is C14H14ClNO2. The number of nitrogens with one attached hydrogen (secondary N) is 1. The Morgan fingerprint density at radius 3 is 2.67 bits per heavy atom. The van der Waals surface area contributed by atoms with E-state index in [0.717, 1.165) is 16.9 Å². The zero-order valence-corrected chi connectivity index (χ0v) is 11.0. The van der Waals surface area contributed by atoms with Crippen LogP contribution < -0.4 is 5.32 Å². The number of amides is 1. The van der Waals surface area contributed by atoms with E-state index in [-0.39, 0.29) is 5.91 Å². The summed E-state index contributed by atoms with van der Waals surface area (Å²) in [6.07, 6.45) is 0. The monoisotopic (exact) mass is 263 g/mol. The highest BCUT2D eigenvalue weighted by Crippen LogP contribution is 2.16. The van der Waals surface area contributed by atoms with Gasteiger partial charge < -0.3 is 9.73 Å². The molecule has 0 saturated heterocycles. The maximum atomic E-state index is 11.8. The number of carbonyl (C=O) groups excluding carboxylic acids is 1. The van der Waals surface area contributed by atoms with Gasteiger partial charge in [-0.15, -0.1) is 0 Å². The van der Waals surface area contributed by atoms with Gasteiger partial charge in [-0.3, -0.25) is 4.79 Å². The van der Waals surface area contributed by atoms with Gasteiger partial charge in [0.1, 0.15) is 5.76 Å². The fraction of sp³-hybridized carbons (Fsp3) is 0.214. The Hall–Kier alpha value is -1.74. The van der Waals surface area contributed by atoms with E-state index in [1.165, 1.54) is 0 Å². The normalized spacial score (nSPS) is 10.4. The highest BCUT2D eigenvalue weighted by atomic mass is 35.5. The Morgan fingerprint density at radius 1 is 1.33 bits per heavy atom. The van der Waals surface area contributed by atoms with E-state index in [1.807, 2.05) is 32.0 Å². The van der Waals surface area contributed by atoms with Crippen LogP contribution in [0.25, 0.3) is 0 Å². The van der Waals surface area contributed by atoms with E-state index >= 15 is 0 Å². The molecule has 0 aliphatic rings. The molecule has 4 heteroatoms. The first kappa shape index (κ1) is 12.7. The van der Waals surface area contributed by atoms with Gasteiger partial charge in [0.25, 0.3) is 5.91 Å². The predicted octanol–water partition coefficient (Wildman–Crippen LogP) is 3.48. The molecule has 2 rings (SSSR count). The number of rotatable bonds is 3. The molecule has 0 atom stereocenters. The van der Waals surface area contributed by atoms with Crippen molar-refractivity contribution in [3.63, 3.8) is 0 Å². The first-order chi connectivity index (χ1) is 8.58. The third kappa shape index (κ3) is 2.74. The molecule has 18 heavy (non-hydrogen) atoms. The highest BCUT2D eigenvalue weighted by Gasteiger charge is 2.12. The van der Waals surface area contributed by atoms with Crippen LogP contribution in [0.2, 0.25) is 5.02 Å². The van der Waals surface area contributed by atoms with Gasteiger partial charge in [0.05, 0.1) is 0 Å². The third-order valence-corrected chi connectivity index (χ3v) is 3.16. The molecule has 0 saturated carbocycles. The Labute approximate surface area is 111 Å². The fourth-order valence-electron chi connectivity index (χ4n) is 1.59. The molecule has 1 heterocycles. The van der Waals surface area contributed by atoms with E-state index in [1.54, 1.807) is 12.1 Å². The summed E-state index contributed by atoms with van der Waals surface area (Å²) in [5, 5.41) is 3.42. The second kappa shape index (κ2) is 5.27. The van der Waals surface area contributed by atoms with E-state index < -0.39 is 0 Å². The molecule has 1 amide bonds. The topological polar surface area (TPSA) is 42.2 Å². The second-order valence-corrected chi connectivity index (χ2v) is 4.53. The van der Waals surface area contributed by atoms with Gasteiger partial charge in [0.2, 0.25) is 0 Å². The molecule has 1 aromatic carbocycles. The lowest BCUT2D eigenvalue weighted by atomic mass is 10.2. The molecule has 0 aliphatic heterocycles. The summed E-state index contributed by atoms with van der Waals surface area (Å²) in [6.45, 7) is 4.13. The van der Waals surface area contributed by atoms with Crippen molar-refractivity contribution in [1.82, 2.24) is 5.32 Å². The van der Waals surface area contributed by atoms with Crippen LogP contribution in [0.4, 0.5) is 0 Å². The van der Waals surface area contributed by atoms with Crippen molar-refractivity contribution in [3.05, 3.63) is 58.0 Å². The van der Waals surface area contributed by atoms with Gasteiger partial charge in [0.15, 0.2) is 5.76 Å². The van der Waals surface area contributed by atoms with E-state index in [2.05, 4.69) is 5.32 Å². The minimum Gasteiger partial charge on any atom is -0.456 e. The Balaban J connectivity index is 2.03. The number of carbonyl (C=O) groups is 1. The fourth-order valence-corrected chi connectivity index (χ4v) is 1.79. The standard InChI is InChI=1S/C14H14ClNO2/c1-9-7-13(18-10(9)2)14(17)16-8-11-5-3-4-6-12(11)15/h3-7H,8H2,1-2H3,(H,16,17). The summed E-state index contributed by atoms with van der Waals surface area (Å²) >= 11 is 6.01. The zero-order chi connectivity index (χ0) is 13.1. The lowest BCUT2D eigenvalue weighted by Gasteiger charge is -2.05. The van der Waals surface area contributed by atoms with Crippen molar-refractivity contribution in [2.45, 2.75) is 20.4 Å². The summed E-state index contributed by atoms with van der Waals surface area (Å²) in [4.78, 5) is 11.8.